The van der Waals surface area contributed by atoms with Gasteiger partial charge in [-0.1, -0.05) is 13.8 Å². The van der Waals surface area contributed by atoms with Gasteiger partial charge in [-0.25, -0.2) is 0 Å². The minimum absolute atomic E-state index is 0.113. The van der Waals surface area contributed by atoms with E-state index in [1.165, 1.54) is 25.7 Å². The fraction of sp³-hybridized carbons (Fsp3) is 1.00. The average Bonchev–Trinajstić information content (AvgIpc) is 2.90. The van der Waals surface area contributed by atoms with Gasteiger partial charge in [0.15, 0.2) is 0 Å². The second-order valence-corrected chi connectivity index (χ2v) is 5.89. The molecule has 1 aliphatic heterocycles. The summed E-state index contributed by atoms with van der Waals surface area (Å²) in [5.74, 6) is 1.69. The van der Waals surface area contributed by atoms with Crippen molar-refractivity contribution in [2.75, 3.05) is 13.2 Å². The molecule has 0 amide bonds. The van der Waals surface area contributed by atoms with Crippen LogP contribution in [0.4, 0.5) is 0 Å². The Kier molecular flexibility index (Phi) is 3.36. The maximum absolute atomic E-state index is 5.81. The van der Waals surface area contributed by atoms with Crippen LogP contribution < -0.4 is 5.32 Å². The lowest BCUT2D eigenvalue weighted by atomic mass is 9.97. The number of ether oxygens (including phenoxy) is 1. The van der Waals surface area contributed by atoms with Crippen molar-refractivity contribution in [3.05, 3.63) is 0 Å². The Morgan fingerprint density at radius 1 is 1.40 bits per heavy atom. The van der Waals surface area contributed by atoms with Crippen LogP contribution in [0, 0.1) is 11.8 Å². The van der Waals surface area contributed by atoms with Gasteiger partial charge in [0.2, 0.25) is 0 Å². The molecule has 0 spiro atoms. The van der Waals surface area contributed by atoms with Crippen molar-refractivity contribution < 1.29 is 4.74 Å². The first kappa shape index (κ1) is 11.4. The Morgan fingerprint density at radius 3 is 2.60 bits per heavy atom. The van der Waals surface area contributed by atoms with Gasteiger partial charge in [0, 0.05) is 19.2 Å². The van der Waals surface area contributed by atoms with Gasteiger partial charge in [-0.2, -0.15) is 0 Å². The molecule has 88 valence electrons. The van der Waals surface area contributed by atoms with Crippen LogP contribution in [0.2, 0.25) is 0 Å². The molecule has 0 radical (unpaired) electrons. The van der Waals surface area contributed by atoms with Crippen LogP contribution in [0.5, 0.6) is 0 Å². The lowest BCUT2D eigenvalue weighted by Crippen LogP contribution is -2.45. The zero-order valence-corrected chi connectivity index (χ0v) is 10.4. The van der Waals surface area contributed by atoms with Gasteiger partial charge in [-0.15, -0.1) is 0 Å². The summed E-state index contributed by atoms with van der Waals surface area (Å²) in [6.45, 7) is 8.89. The zero-order chi connectivity index (χ0) is 10.9. The number of rotatable bonds is 5. The molecule has 2 rings (SSSR count). The number of nitrogens with one attached hydrogen (secondary N) is 1. The molecule has 2 unspecified atom stereocenters. The minimum Gasteiger partial charge on any atom is -0.374 e. The van der Waals surface area contributed by atoms with Gasteiger partial charge in [-0.05, 0) is 44.4 Å². The van der Waals surface area contributed by atoms with Gasteiger partial charge < -0.3 is 10.1 Å². The highest BCUT2D eigenvalue weighted by Gasteiger charge is 2.36. The molecule has 1 aliphatic carbocycles. The molecule has 0 aromatic carbocycles. The van der Waals surface area contributed by atoms with E-state index in [2.05, 4.69) is 26.1 Å². The monoisotopic (exact) mass is 211 g/mol. The summed E-state index contributed by atoms with van der Waals surface area (Å²) in [5.41, 5.74) is 0.113. The van der Waals surface area contributed by atoms with E-state index >= 15 is 0 Å². The molecule has 2 fully saturated rings. The van der Waals surface area contributed by atoms with Crippen LogP contribution in [0.3, 0.4) is 0 Å². The topological polar surface area (TPSA) is 21.3 Å². The zero-order valence-electron chi connectivity index (χ0n) is 10.4. The Hall–Kier alpha value is -0.0800. The minimum atomic E-state index is 0.113. The molecule has 2 heteroatoms. The van der Waals surface area contributed by atoms with Crippen LogP contribution in [-0.4, -0.2) is 24.8 Å². The summed E-state index contributed by atoms with van der Waals surface area (Å²) in [6.07, 6.45) is 5.30. The number of hydrogen-bond donors (Lipinski definition) is 1. The fourth-order valence-corrected chi connectivity index (χ4v) is 2.71. The molecule has 1 saturated heterocycles. The smallest absolute Gasteiger partial charge is 0.0779 e. The maximum atomic E-state index is 5.81. The second kappa shape index (κ2) is 4.42. The van der Waals surface area contributed by atoms with E-state index in [9.17, 15) is 0 Å². The molecule has 15 heavy (non-hydrogen) atoms. The van der Waals surface area contributed by atoms with Crippen LogP contribution >= 0.6 is 0 Å². The van der Waals surface area contributed by atoms with E-state index in [4.69, 9.17) is 4.74 Å². The van der Waals surface area contributed by atoms with Crippen molar-refractivity contribution in [3.63, 3.8) is 0 Å². The van der Waals surface area contributed by atoms with Gasteiger partial charge in [0.25, 0.3) is 0 Å². The molecule has 0 aromatic rings. The highest BCUT2D eigenvalue weighted by atomic mass is 16.5. The molecule has 0 bridgehead atoms. The predicted octanol–water partition coefficient (Wildman–Crippen LogP) is 2.58. The SMILES string of the molecule is CC(C)C(NCC1(C)CCCO1)C1CC1. The van der Waals surface area contributed by atoms with Crippen molar-refractivity contribution >= 4 is 0 Å². The number of hydrogen-bond acceptors (Lipinski definition) is 2. The molecule has 0 aromatic heterocycles. The second-order valence-electron chi connectivity index (χ2n) is 5.89. The lowest BCUT2D eigenvalue weighted by Gasteiger charge is -2.29. The molecular weight excluding hydrogens is 186 g/mol. The first-order valence-corrected chi connectivity index (χ1v) is 6.48. The summed E-state index contributed by atoms with van der Waals surface area (Å²) >= 11 is 0. The normalized spacial score (nSPS) is 33.6. The Bertz CT molecular complexity index is 203. The van der Waals surface area contributed by atoms with Gasteiger partial charge in [0.1, 0.15) is 0 Å². The molecule has 2 nitrogen and oxygen atoms in total. The highest BCUT2D eigenvalue weighted by molar-refractivity contribution is 4.91. The summed E-state index contributed by atoms with van der Waals surface area (Å²) in [4.78, 5) is 0. The first-order chi connectivity index (χ1) is 7.11. The fourth-order valence-electron chi connectivity index (χ4n) is 2.71. The lowest BCUT2D eigenvalue weighted by molar-refractivity contribution is 0.0169. The molecule has 2 atom stereocenters. The maximum Gasteiger partial charge on any atom is 0.0779 e. The summed E-state index contributed by atoms with van der Waals surface area (Å²) < 4.78 is 5.81. The van der Waals surface area contributed by atoms with E-state index in [0.717, 1.165) is 25.0 Å². The van der Waals surface area contributed by atoms with E-state index in [1.54, 1.807) is 0 Å². The van der Waals surface area contributed by atoms with Crippen LogP contribution in [0.15, 0.2) is 0 Å². The van der Waals surface area contributed by atoms with Crippen molar-refractivity contribution in [2.24, 2.45) is 11.8 Å². The molecule has 1 heterocycles. The molecule has 2 aliphatic rings. The van der Waals surface area contributed by atoms with Gasteiger partial charge >= 0.3 is 0 Å². The van der Waals surface area contributed by atoms with Crippen LogP contribution in [0.1, 0.15) is 46.5 Å². The Labute approximate surface area is 93.8 Å². The molecular formula is C13H25NO. The van der Waals surface area contributed by atoms with Crippen molar-refractivity contribution in [1.29, 1.82) is 0 Å². The molecule has 1 saturated carbocycles. The van der Waals surface area contributed by atoms with Gasteiger partial charge in [-0.3, -0.25) is 0 Å². The summed E-state index contributed by atoms with van der Waals surface area (Å²) in [7, 11) is 0. The third-order valence-corrected chi connectivity index (χ3v) is 3.86. The van der Waals surface area contributed by atoms with Gasteiger partial charge in [0.05, 0.1) is 5.60 Å². The Morgan fingerprint density at radius 2 is 2.13 bits per heavy atom. The predicted molar refractivity (Wildman–Crippen MR) is 62.9 cm³/mol. The van der Waals surface area contributed by atoms with Crippen molar-refractivity contribution in [3.8, 4) is 0 Å². The highest BCUT2D eigenvalue weighted by Crippen LogP contribution is 2.36. The first-order valence-electron chi connectivity index (χ1n) is 6.48. The van der Waals surface area contributed by atoms with E-state index in [0.29, 0.717) is 6.04 Å². The van der Waals surface area contributed by atoms with Crippen LogP contribution in [-0.2, 0) is 4.74 Å². The average molecular weight is 211 g/mol. The summed E-state index contributed by atoms with van der Waals surface area (Å²) in [6, 6.07) is 0.714. The van der Waals surface area contributed by atoms with Crippen molar-refractivity contribution in [2.45, 2.75) is 58.1 Å². The Balaban J connectivity index is 1.79. The largest absolute Gasteiger partial charge is 0.374 e. The third kappa shape index (κ3) is 2.94. The summed E-state index contributed by atoms with van der Waals surface area (Å²) in [5, 5.41) is 3.74. The van der Waals surface area contributed by atoms with Crippen LogP contribution in [0.25, 0.3) is 0 Å². The standard InChI is InChI=1S/C13H25NO/c1-10(2)12(11-5-6-11)14-9-13(3)7-4-8-15-13/h10-12,14H,4-9H2,1-3H3. The van der Waals surface area contributed by atoms with E-state index < -0.39 is 0 Å². The quantitative estimate of drug-likeness (QED) is 0.754. The van der Waals surface area contributed by atoms with E-state index in [1.807, 2.05) is 0 Å². The van der Waals surface area contributed by atoms with Crippen molar-refractivity contribution in [1.82, 2.24) is 5.32 Å². The third-order valence-electron chi connectivity index (χ3n) is 3.86. The molecule has 1 N–H and O–H groups in total. The van der Waals surface area contributed by atoms with E-state index in [-0.39, 0.29) is 5.60 Å².